The van der Waals surface area contributed by atoms with Crippen molar-refractivity contribution in [1.82, 2.24) is 15.5 Å². The number of nitrogens with one attached hydrogen (secondary N) is 1. The molecule has 5 nitrogen and oxygen atoms in total. The number of aryl methyl sites for hydroxylation is 1. The lowest BCUT2D eigenvalue weighted by Crippen LogP contribution is -2.26. The minimum absolute atomic E-state index is 0.138. The molecule has 0 spiro atoms. The summed E-state index contributed by atoms with van der Waals surface area (Å²) in [7, 11) is 0. The molecular formula is C18H16BrN3O2. The molecule has 0 bridgehead atoms. The van der Waals surface area contributed by atoms with Crippen LogP contribution in [-0.2, 0) is 6.42 Å². The van der Waals surface area contributed by atoms with Gasteiger partial charge in [0.1, 0.15) is 0 Å². The summed E-state index contributed by atoms with van der Waals surface area (Å²) in [4.78, 5) is 12.1. The summed E-state index contributed by atoms with van der Waals surface area (Å²) >= 11 is 3.37. The fourth-order valence-corrected chi connectivity index (χ4v) is 2.66. The number of carbonyl (C=O) groups is 1. The maximum Gasteiger partial charge on any atom is 0.252 e. The van der Waals surface area contributed by atoms with Gasteiger partial charge in [-0.2, -0.15) is 0 Å². The zero-order valence-electron chi connectivity index (χ0n) is 13.1. The molecule has 0 aliphatic carbocycles. The summed E-state index contributed by atoms with van der Waals surface area (Å²) in [5, 5.41) is 10.9. The van der Waals surface area contributed by atoms with E-state index < -0.39 is 0 Å². The lowest BCUT2D eigenvalue weighted by atomic mass is 10.1. The van der Waals surface area contributed by atoms with E-state index in [-0.39, 0.29) is 5.91 Å². The van der Waals surface area contributed by atoms with E-state index in [1.165, 1.54) is 5.56 Å². The Hall–Kier alpha value is -2.47. The fourth-order valence-electron chi connectivity index (χ4n) is 2.19. The summed E-state index contributed by atoms with van der Waals surface area (Å²) in [5.41, 5.74) is 2.66. The maximum atomic E-state index is 12.1. The molecule has 0 saturated carbocycles. The Labute approximate surface area is 148 Å². The van der Waals surface area contributed by atoms with E-state index >= 15 is 0 Å². The molecule has 0 atom stereocenters. The van der Waals surface area contributed by atoms with Crippen LogP contribution in [0.4, 0.5) is 0 Å². The third-order valence-electron chi connectivity index (χ3n) is 3.51. The number of aromatic nitrogens is 2. The molecule has 1 amide bonds. The molecule has 24 heavy (non-hydrogen) atoms. The van der Waals surface area contributed by atoms with Gasteiger partial charge in [0, 0.05) is 23.0 Å². The molecular weight excluding hydrogens is 370 g/mol. The van der Waals surface area contributed by atoms with Crippen LogP contribution >= 0.6 is 15.9 Å². The van der Waals surface area contributed by atoms with E-state index in [4.69, 9.17) is 4.42 Å². The van der Waals surface area contributed by atoms with Crippen molar-refractivity contribution in [3.05, 3.63) is 70.0 Å². The van der Waals surface area contributed by atoms with Crippen molar-refractivity contribution in [2.75, 3.05) is 6.54 Å². The highest BCUT2D eigenvalue weighted by atomic mass is 79.9. The van der Waals surface area contributed by atoms with Crippen LogP contribution < -0.4 is 5.32 Å². The standard InChI is InChI=1S/C18H16BrN3O2/c1-12-6-8-13(9-7-12)18-22-21-16(24-18)10-11-20-17(23)14-4-2-3-5-15(14)19/h2-9H,10-11H2,1H3,(H,20,23). The monoisotopic (exact) mass is 385 g/mol. The third-order valence-corrected chi connectivity index (χ3v) is 4.20. The van der Waals surface area contributed by atoms with Gasteiger partial charge in [-0.05, 0) is 47.1 Å². The highest BCUT2D eigenvalue weighted by Gasteiger charge is 2.11. The molecule has 3 rings (SSSR count). The highest BCUT2D eigenvalue weighted by molar-refractivity contribution is 9.10. The molecule has 0 unspecified atom stereocenters. The summed E-state index contributed by atoms with van der Waals surface area (Å²) in [6.07, 6.45) is 0.481. The largest absolute Gasteiger partial charge is 0.421 e. The Morgan fingerprint density at radius 3 is 2.62 bits per heavy atom. The lowest BCUT2D eigenvalue weighted by Gasteiger charge is -2.05. The first kappa shape index (κ1) is 16.4. The van der Waals surface area contributed by atoms with Gasteiger partial charge in [-0.25, -0.2) is 0 Å². The molecule has 0 radical (unpaired) electrons. The number of halogens is 1. The van der Waals surface area contributed by atoms with Crippen LogP contribution in [0.2, 0.25) is 0 Å². The second-order valence-electron chi connectivity index (χ2n) is 5.35. The average Bonchev–Trinajstić information content (AvgIpc) is 3.04. The minimum atomic E-state index is -0.138. The number of hydrogen-bond donors (Lipinski definition) is 1. The van der Waals surface area contributed by atoms with Crippen LogP contribution in [0.25, 0.3) is 11.5 Å². The highest BCUT2D eigenvalue weighted by Crippen LogP contribution is 2.18. The predicted octanol–water partition coefficient (Wildman–Crippen LogP) is 3.78. The fraction of sp³-hybridized carbons (Fsp3) is 0.167. The lowest BCUT2D eigenvalue weighted by molar-refractivity contribution is 0.0953. The summed E-state index contributed by atoms with van der Waals surface area (Å²) in [5.74, 6) is 0.848. The van der Waals surface area contributed by atoms with E-state index in [0.29, 0.717) is 30.3 Å². The van der Waals surface area contributed by atoms with E-state index in [9.17, 15) is 4.79 Å². The van der Waals surface area contributed by atoms with Crippen LogP contribution in [-0.4, -0.2) is 22.6 Å². The number of carbonyl (C=O) groups excluding carboxylic acids is 1. The van der Waals surface area contributed by atoms with Crippen LogP contribution in [0, 0.1) is 6.92 Å². The third kappa shape index (κ3) is 3.89. The Morgan fingerprint density at radius 2 is 1.88 bits per heavy atom. The van der Waals surface area contributed by atoms with Crippen LogP contribution in [0.5, 0.6) is 0 Å². The van der Waals surface area contributed by atoms with Crippen molar-refractivity contribution >= 4 is 21.8 Å². The first-order chi connectivity index (χ1) is 11.6. The topological polar surface area (TPSA) is 68.0 Å². The molecule has 6 heteroatoms. The Kier molecular flexibility index (Phi) is 5.05. The molecule has 0 aliphatic rings. The first-order valence-electron chi connectivity index (χ1n) is 7.55. The molecule has 0 fully saturated rings. The van der Waals surface area contributed by atoms with Gasteiger partial charge in [0.15, 0.2) is 0 Å². The maximum absolute atomic E-state index is 12.1. The van der Waals surface area contributed by atoms with Gasteiger partial charge in [-0.15, -0.1) is 10.2 Å². The predicted molar refractivity (Wildman–Crippen MR) is 94.7 cm³/mol. The van der Waals surface area contributed by atoms with Gasteiger partial charge in [-0.1, -0.05) is 29.8 Å². The van der Waals surface area contributed by atoms with E-state index in [1.54, 1.807) is 6.07 Å². The van der Waals surface area contributed by atoms with Gasteiger partial charge in [0.25, 0.3) is 5.91 Å². The molecule has 0 saturated heterocycles. The van der Waals surface area contributed by atoms with E-state index in [1.807, 2.05) is 49.4 Å². The van der Waals surface area contributed by atoms with Crippen LogP contribution in [0.1, 0.15) is 21.8 Å². The molecule has 1 heterocycles. The molecule has 122 valence electrons. The van der Waals surface area contributed by atoms with Crippen molar-refractivity contribution in [3.8, 4) is 11.5 Å². The molecule has 0 aliphatic heterocycles. The number of amides is 1. The zero-order valence-corrected chi connectivity index (χ0v) is 14.7. The quantitative estimate of drug-likeness (QED) is 0.725. The Morgan fingerprint density at radius 1 is 1.12 bits per heavy atom. The summed E-state index contributed by atoms with van der Waals surface area (Å²) < 4.78 is 6.40. The number of rotatable bonds is 5. The Bertz CT molecular complexity index is 843. The average molecular weight is 386 g/mol. The van der Waals surface area contributed by atoms with E-state index in [2.05, 4.69) is 31.4 Å². The number of hydrogen-bond acceptors (Lipinski definition) is 4. The van der Waals surface area contributed by atoms with Crippen LogP contribution in [0.3, 0.4) is 0 Å². The van der Waals surface area contributed by atoms with Gasteiger partial charge < -0.3 is 9.73 Å². The Balaban J connectivity index is 1.57. The number of benzene rings is 2. The zero-order chi connectivity index (χ0) is 16.9. The van der Waals surface area contributed by atoms with Crippen molar-refractivity contribution in [2.24, 2.45) is 0 Å². The van der Waals surface area contributed by atoms with Crippen molar-refractivity contribution < 1.29 is 9.21 Å². The van der Waals surface area contributed by atoms with Crippen molar-refractivity contribution in [3.63, 3.8) is 0 Å². The van der Waals surface area contributed by atoms with Crippen molar-refractivity contribution in [1.29, 1.82) is 0 Å². The normalized spacial score (nSPS) is 10.6. The minimum Gasteiger partial charge on any atom is -0.421 e. The second kappa shape index (κ2) is 7.40. The van der Waals surface area contributed by atoms with Crippen LogP contribution in [0.15, 0.2) is 57.4 Å². The SMILES string of the molecule is Cc1ccc(-c2nnc(CCNC(=O)c3ccccc3Br)o2)cc1. The van der Waals surface area contributed by atoms with Gasteiger partial charge in [-0.3, -0.25) is 4.79 Å². The van der Waals surface area contributed by atoms with Crippen molar-refractivity contribution in [2.45, 2.75) is 13.3 Å². The summed E-state index contributed by atoms with van der Waals surface area (Å²) in [6, 6.07) is 15.2. The molecule has 2 aromatic carbocycles. The molecule has 1 aromatic heterocycles. The number of nitrogens with zero attached hydrogens (tertiary/aromatic N) is 2. The van der Waals surface area contributed by atoms with Gasteiger partial charge in [0.2, 0.25) is 11.8 Å². The smallest absolute Gasteiger partial charge is 0.252 e. The first-order valence-corrected chi connectivity index (χ1v) is 8.35. The van der Waals surface area contributed by atoms with Gasteiger partial charge >= 0.3 is 0 Å². The molecule has 1 N–H and O–H groups in total. The molecule has 3 aromatic rings. The van der Waals surface area contributed by atoms with Gasteiger partial charge in [0.05, 0.1) is 5.56 Å². The van der Waals surface area contributed by atoms with E-state index in [0.717, 1.165) is 10.0 Å². The second-order valence-corrected chi connectivity index (χ2v) is 6.21. The summed E-state index contributed by atoms with van der Waals surface area (Å²) in [6.45, 7) is 2.45.